The second kappa shape index (κ2) is 11.3. The van der Waals surface area contributed by atoms with Crippen LogP contribution in [0.15, 0.2) is 42.5 Å². The first-order chi connectivity index (χ1) is 16.2. The number of ether oxygens (including phenoxy) is 2. The Labute approximate surface area is 200 Å². The average Bonchev–Trinajstić information content (AvgIpc) is 2.81. The van der Waals surface area contributed by atoms with E-state index >= 15 is 0 Å². The van der Waals surface area contributed by atoms with E-state index in [4.69, 9.17) is 9.47 Å². The number of urea groups is 1. The van der Waals surface area contributed by atoms with Crippen molar-refractivity contribution in [3.63, 3.8) is 0 Å². The molecule has 2 N–H and O–H groups in total. The summed E-state index contributed by atoms with van der Waals surface area (Å²) >= 11 is 0. The van der Waals surface area contributed by atoms with Gasteiger partial charge in [0, 0.05) is 39.0 Å². The fraction of sp³-hybridized carbons (Fsp3) is 0.440. The summed E-state index contributed by atoms with van der Waals surface area (Å²) in [5, 5.41) is 5.13. The predicted octanol–water partition coefficient (Wildman–Crippen LogP) is 3.91. The smallest absolute Gasteiger partial charge is 0.323 e. The van der Waals surface area contributed by atoms with Crippen molar-refractivity contribution >= 4 is 23.3 Å². The van der Waals surface area contributed by atoms with E-state index in [1.165, 1.54) is 18.2 Å². The van der Waals surface area contributed by atoms with Gasteiger partial charge >= 0.3 is 6.03 Å². The third-order valence-corrected chi connectivity index (χ3v) is 6.14. The highest BCUT2D eigenvalue weighted by atomic mass is 19.1. The molecule has 0 radical (unpaired) electrons. The standard InChI is InChI=1S/C25H33FN4O4/c1-16-13-29(3)17(2)15-34-22-11-10-18(12-19(22)24(31)30(4)14-23(16)33-5)27-25(32)28-21-9-7-6-8-20(21)26/h6-12,16-17,23H,13-15H2,1-5H3,(H2,27,28,32)/t16-,17+,23-/m1/s1. The van der Waals surface area contributed by atoms with Crippen LogP contribution in [0.1, 0.15) is 24.2 Å². The zero-order valence-corrected chi connectivity index (χ0v) is 20.3. The number of likely N-dealkylation sites (N-methyl/N-ethyl adjacent to an activating group) is 2. The van der Waals surface area contributed by atoms with E-state index in [0.29, 0.717) is 30.2 Å². The van der Waals surface area contributed by atoms with Crippen LogP contribution < -0.4 is 15.4 Å². The summed E-state index contributed by atoms with van der Waals surface area (Å²) in [6, 6.07) is 10.3. The molecule has 2 aromatic carbocycles. The Morgan fingerprint density at radius 2 is 1.85 bits per heavy atom. The molecular formula is C25H33FN4O4. The SMILES string of the molecule is CO[C@@H]1CN(C)C(=O)c2cc(NC(=O)Nc3ccccc3F)ccc2OC[C@H](C)N(C)C[C@H]1C. The van der Waals surface area contributed by atoms with E-state index < -0.39 is 11.8 Å². The summed E-state index contributed by atoms with van der Waals surface area (Å²) in [5.74, 6) is -0.160. The Balaban J connectivity index is 1.85. The summed E-state index contributed by atoms with van der Waals surface area (Å²) < 4.78 is 25.6. The molecule has 1 aliphatic rings. The van der Waals surface area contributed by atoms with Crippen molar-refractivity contribution in [2.24, 2.45) is 5.92 Å². The molecule has 0 aromatic heterocycles. The van der Waals surface area contributed by atoms with Gasteiger partial charge in [0.05, 0.1) is 17.4 Å². The van der Waals surface area contributed by atoms with Crippen LogP contribution in [0.3, 0.4) is 0 Å². The van der Waals surface area contributed by atoms with Crippen molar-refractivity contribution in [2.45, 2.75) is 26.0 Å². The topological polar surface area (TPSA) is 83.1 Å². The molecule has 0 bridgehead atoms. The zero-order chi connectivity index (χ0) is 24.8. The highest BCUT2D eigenvalue weighted by molar-refractivity contribution is 6.02. The number of fused-ring (bicyclic) bond motifs is 1. The third-order valence-electron chi connectivity index (χ3n) is 6.14. The number of methoxy groups -OCH3 is 1. The van der Waals surface area contributed by atoms with Gasteiger partial charge in [-0.05, 0) is 50.2 Å². The van der Waals surface area contributed by atoms with Crippen LogP contribution in [0.5, 0.6) is 5.75 Å². The molecule has 0 saturated carbocycles. The van der Waals surface area contributed by atoms with Gasteiger partial charge in [-0.1, -0.05) is 19.1 Å². The number of amides is 3. The molecule has 34 heavy (non-hydrogen) atoms. The second-order valence-corrected chi connectivity index (χ2v) is 8.81. The van der Waals surface area contributed by atoms with Gasteiger partial charge in [0.15, 0.2) is 0 Å². The summed E-state index contributed by atoms with van der Waals surface area (Å²) in [4.78, 5) is 29.6. The first-order valence-electron chi connectivity index (χ1n) is 11.3. The van der Waals surface area contributed by atoms with E-state index in [1.54, 1.807) is 43.3 Å². The Kier molecular flexibility index (Phi) is 8.46. The molecule has 1 aliphatic heterocycles. The number of carbonyl (C=O) groups is 2. The Morgan fingerprint density at radius 3 is 2.56 bits per heavy atom. The maximum absolute atomic E-state index is 13.8. The van der Waals surface area contributed by atoms with Crippen molar-refractivity contribution in [3.8, 4) is 5.75 Å². The minimum Gasteiger partial charge on any atom is -0.491 e. The summed E-state index contributed by atoms with van der Waals surface area (Å²) in [5.41, 5.74) is 0.763. The lowest BCUT2D eigenvalue weighted by Gasteiger charge is -2.34. The minimum absolute atomic E-state index is 0.0586. The van der Waals surface area contributed by atoms with Gasteiger partial charge in [-0.25, -0.2) is 9.18 Å². The van der Waals surface area contributed by atoms with Crippen LogP contribution >= 0.6 is 0 Å². The second-order valence-electron chi connectivity index (χ2n) is 8.81. The lowest BCUT2D eigenvalue weighted by atomic mass is 10.0. The molecule has 0 spiro atoms. The van der Waals surface area contributed by atoms with Gasteiger partial charge in [-0.15, -0.1) is 0 Å². The van der Waals surface area contributed by atoms with Crippen LogP contribution in [0.25, 0.3) is 0 Å². The van der Waals surface area contributed by atoms with Gasteiger partial charge in [-0.3, -0.25) is 9.69 Å². The largest absolute Gasteiger partial charge is 0.491 e. The van der Waals surface area contributed by atoms with E-state index in [-0.39, 0.29) is 29.7 Å². The predicted molar refractivity (Wildman–Crippen MR) is 130 cm³/mol. The lowest BCUT2D eigenvalue weighted by Crippen LogP contribution is -2.45. The molecule has 2 aromatic rings. The molecule has 3 amide bonds. The van der Waals surface area contributed by atoms with Gasteiger partial charge in [0.2, 0.25) is 0 Å². The highest BCUT2D eigenvalue weighted by Crippen LogP contribution is 2.26. The van der Waals surface area contributed by atoms with E-state index in [9.17, 15) is 14.0 Å². The maximum Gasteiger partial charge on any atom is 0.323 e. The number of hydrogen-bond donors (Lipinski definition) is 2. The van der Waals surface area contributed by atoms with Crippen LogP contribution in [0.2, 0.25) is 0 Å². The number of halogens is 1. The molecule has 3 rings (SSSR count). The van der Waals surface area contributed by atoms with Crippen LogP contribution in [-0.2, 0) is 4.74 Å². The minimum atomic E-state index is -0.622. The molecule has 0 unspecified atom stereocenters. The number of rotatable bonds is 3. The van der Waals surface area contributed by atoms with Crippen molar-refractivity contribution in [2.75, 3.05) is 51.5 Å². The molecule has 1 heterocycles. The molecule has 0 saturated heterocycles. The monoisotopic (exact) mass is 472 g/mol. The average molecular weight is 473 g/mol. The van der Waals surface area contributed by atoms with Crippen molar-refractivity contribution in [1.82, 2.24) is 9.80 Å². The molecule has 3 atom stereocenters. The summed E-state index contributed by atoms with van der Waals surface area (Å²) in [7, 11) is 5.41. The Bertz CT molecular complexity index is 1020. The van der Waals surface area contributed by atoms with Crippen molar-refractivity contribution in [1.29, 1.82) is 0 Å². The number of para-hydroxylation sites is 1. The van der Waals surface area contributed by atoms with Crippen molar-refractivity contribution in [3.05, 3.63) is 53.8 Å². The Morgan fingerprint density at radius 1 is 1.12 bits per heavy atom. The number of hydrogen-bond acceptors (Lipinski definition) is 5. The molecule has 0 fully saturated rings. The van der Waals surface area contributed by atoms with E-state index in [0.717, 1.165) is 6.54 Å². The molecule has 8 nitrogen and oxygen atoms in total. The van der Waals surface area contributed by atoms with Gasteiger partial charge in [-0.2, -0.15) is 0 Å². The summed E-state index contributed by atoms with van der Waals surface area (Å²) in [6.07, 6.45) is -0.139. The normalized spacial score (nSPS) is 22.1. The van der Waals surface area contributed by atoms with Gasteiger partial charge in [0.1, 0.15) is 18.2 Å². The molecule has 0 aliphatic carbocycles. The van der Waals surface area contributed by atoms with Gasteiger partial charge in [0.25, 0.3) is 5.91 Å². The van der Waals surface area contributed by atoms with Gasteiger partial charge < -0.3 is 25.0 Å². The number of anilines is 2. The fourth-order valence-electron chi connectivity index (χ4n) is 3.88. The fourth-order valence-corrected chi connectivity index (χ4v) is 3.88. The summed E-state index contributed by atoms with van der Waals surface area (Å²) in [6.45, 7) is 5.77. The maximum atomic E-state index is 13.8. The lowest BCUT2D eigenvalue weighted by molar-refractivity contribution is 0.0150. The number of nitrogens with one attached hydrogen (secondary N) is 2. The first kappa shape index (κ1) is 25.5. The molecule has 184 valence electrons. The van der Waals surface area contributed by atoms with Crippen molar-refractivity contribution < 1.29 is 23.5 Å². The molecular weight excluding hydrogens is 439 g/mol. The van der Waals surface area contributed by atoms with Crippen LogP contribution in [-0.4, -0.2) is 74.8 Å². The number of nitrogens with zero attached hydrogens (tertiary/aromatic N) is 2. The van der Waals surface area contributed by atoms with E-state index in [1.807, 2.05) is 7.05 Å². The number of benzene rings is 2. The quantitative estimate of drug-likeness (QED) is 0.708. The van der Waals surface area contributed by atoms with Crippen LogP contribution in [0.4, 0.5) is 20.6 Å². The first-order valence-corrected chi connectivity index (χ1v) is 11.3. The highest BCUT2D eigenvalue weighted by Gasteiger charge is 2.27. The molecule has 9 heteroatoms. The van der Waals surface area contributed by atoms with Crippen LogP contribution in [0, 0.1) is 11.7 Å². The third kappa shape index (κ3) is 6.24. The number of carbonyl (C=O) groups excluding carboxylic acids is 2. The Hall–Kier alpha value is -3.17. The van der Waals surface area contributed by atoms with E-state index in [2.05, 4.69) is 29.4 Å². The zero-order valence-electron chi connectivity index (χ0n) is 20.3.